The van der Waals surface area contributed by atoms with E-state index in [0.29, 0.717) is 29.4 Å². The minimum atomic E-state index is -0.0902. The van der Waals surface area contributed by atoms with Crippen LogP contribution in [0.25, 0.3) is 0 Å². The molecule has 0 saturated heterocycles. The van der Waals surface area contributed by atoms with Crippen molar-refractivity contribution in [2.45, 2.75) is 45.9 Å². The lowest BCUT2D eigenvalue weighted by Crippen LogP contribution is -2.35. The van der Waals surface area contributed by atoms with Gasteiger partial charge in [-0.15, -0.1) is 0 Å². The van der Waals surface area contributed by atoms with E-state index in [1.54, 1.807) is 19.2 Å². The standard InChI is InChI=1S/C26H28N2O4/c1-4-7-23-19(5-2)11-20-14-27-22-13-25(24(31-3)12-21(22)26(30)28(20)23)32-16-18-9-6-8-17(10-18)15-29/h4,6-10,12-14,20,29H,5,11,15-16H2,1-3H3/b7-4-/t20-/m0/s1. The summed E-state index contributed by atoms with van der Waals surface area (Å²) in [5.74, 6) is 0.918. The first-order chi connectivity index (χ1) is 15.6. The summed E-state index contributed by atoms with van der Waals surface area (Å²) < 4.78 is 11.6. The third-order valence-corrected chi connectivity index (χ3v) is 5.85. The SMILES string of the molecule is C/C=C\C1=C(CC)C[C@H]2C=Nc3cc(OCc4cccc(CO)c4)c(OC)cc3C(=O)N12. The van der Waals surface area contributed by atoms with Crippen molar-refractivity contribution in [3.8, 4) is 11.5 Å². The molecule has 0 fully saturated rings. The minimum Gasteiger partial charge on any atom is -0.493 e. The summed E-state index contributed by atoms with van der Waals surface area (Å²) in [6.45, 7) is 4.36. The Morgan fingerprint density at radius 3 is 2.75 bits per heavy atom. The number of carbonyl (C=O) groups is 1. The number of ether oxygens (including phenoxy) is 2. The minimum absolute atomic E-state index is 0.0199. The van der Waals surface area contributed by atoms with Crippen LogP contribution in [0, 0.1) is 0 Å². The highest BCUT2D eigenvalue weighted by molar-refractivity contribution is 6.05. The van der Waals surface area contributed by atoms with Crippen molar-refractivity contribution in [3.63, 3.8) is 0 Å². The van der Waals surface area contributed by atoms with E-state index < -0.39 is 0 Å². The highest BCUT2D eigenvalue weighted by atomic mass is 16.5. The first-order valence-corrected chi connectivity index (χ1v) is 10.9. The molecule has 0 aliphatic carbocycles. The molecule has 166 valence electrons. The third kappa shape index (κ3) is 4.06. The topological polar surface area (TPSA) is 71.4 Å². The van der Waals surface area contributed by atoms with Gasteiger partial charge in [0.25, 0.3) is 5.91 Å². The Hall–Kier alpha value is -3.38. The van der Waals surface area contributed by atoms with Crippen molar-refractivity contribution in [1.82, 2.24) is 4.90 Å². The molecule has 0 bridgehead atoms. The predicted molar refractivity (Wildman–Crippen MR) is 125 cm³/mol. The largest absolute Gasteiger partial charge is 0.493 e. The molecule has 0 unspecified atom stereocenters. The van der Waals surface area contributed by atoms with Crippen molar-refractivity contribution in [1.29, 1.82) is 0 Å². The number of amides is 1. The average Bonchev–Trinajstić information content (AvgIpc) is 3.11. The van der Waals surface area contributed by atoms with Crippen LogP contribution in [0.15, 0.2) is 64.8 Å². The number of carbonyl (C=O) groups excluding carboxylic acids is 1. The van der Waals surface area contributed by atoms with E-state index in [1.165, 1.54) is 5.57 Å². The molecule has 1 amide bonds. The monoisotopic (exact) mass is 432 g/mol. The summed E-state index contributed by atoms with van der Waals surface area (Å²) in [6.07, 6.45) is 7.52. The molecular formula is C26H28N2O4. The summed E-state index contributed by atoms with van der Waals surface area (Å²) in [6, 6.07) is 11.0. The molecule has 6 heteroatoms. The smallest absolute Gasteiger partial charge is 0.261 e. The van der Waals surface area contributed by atoms with Gasteiger partial charge < -0.3 is 14.6 Å². The maximum Gasteiger partial charge on any atom is 0.261 e. The molecule has 1 atom stereocenters. The Kier molecular flexibility index (Phi) is 6.42. The molecule has 2 aliphatic heterocycles. The Bertz CT molecular complexity index is 1120. The number of aliphatic hydroxyl groups excluding tert-OH is 1. The quantitative estimate of drug-likeness (QED) is 0.673. The number of rotatable bonds is 7. The first kappa shape index (κ1) is 21.8. The molecule has 2 aliphatic rings. The van der Waals surface area contributed by atoms with Crippen LogP contribution in [-0.4, -0.2) is 35.3 Å². The zero-order valence-electron chi connectivity index (χ0n) is 18.7. The third-order valence-electron chi connectivity index (χ3n) is 5.85. The molecule has 6 nitrogen and oxygen atoms in total. The van der Waals surface area contributed by atoms with E-state index in [-0.39, 0.29) is 18.6 Å². The number of allylic oxidation sites excluding steroid dienone is 2. The van der Waals surface area contributed by atoms with Gasteiger partial charge in [0.1, 0.15) is 6.61 Å². The number of aliphatic hydroxyl groups is 1. The van der Waals surface area contributed by atoms with Gasteiger partial charge in [-0.25, -0.2) is 0 Å². The molecule has 1 N–H and O–H groups in total. The van der Waals surface area contributed by atoms with Crippen LogP contribution in [0.2, 0.25) is 0 Å². The van der Waals surface area contributed by atoms with Gasteiger partial charge in [-0.2, -0.15) is 0 Å². The zero-order chi connectivity index (χ0) is 22.7. The summed E-state index contributed by atoms with van der Waals surface area (Å²) in [5.41, 5.74) is 5.05. The fourth-order valence-corrected chi connectivity index (χ4v) is 4.23. The Balaban J connectivity index is 1.66. The first-order valence-electron chi connectivity index (χ1n) is 10.9. The number of aliphatic imine (C=N–C) groups is 1. The number of methoxy groups -OCH3 is 1. The van der Waals surface area contributed by atoms with E-state index in [9.17, 15) is 9.90 Å². The van der Waals surface area contributed by atoms with E-state index >= 15 is 0 Å². The Morgan fingerprint density at radius 2 is 2.03 bits per heavy atom. The van der Waals surface area contributed by atoms with E-state index in [4.69, 9.17) is 9.47 Å². The van der Waals surface area contributed by atoms with Gasteiger partial charge in [0, 0.05) is 18.0 Å². The lowest BCUT2D eigenvalue weighted by Gasteiger charge is -2.23. The van der Waals surface area contributed by atoms with Gasteiger partial charge in [-0.3, -0.25) is 14.7 Å². The Morgan fingerprint density at radius 1 is 1.22 bits per heavy atom. The number of benzene rings is 2. The van der Waals surface area contributed by atoms with Crippen molar-refractivity contribution in [2.24, 2.45) is 4.99 Å². The molecule has 4 rings (SSSR count). The van der Waals surface area contributed by atoms with Gasteiger partial charge in [0.05, 0.1) is 31.0 Å². The number of nitrogens with zero attached hydrogens (tertiary/aromatic N) is 2. The summed E-state index contributed by atoms with van der Waals surface area (Å²) in [5, 5.41) is 9.35. The van der Waals surface area contributed by atoms with Gasteiger partial charge in [0.2, 0.25) is 0 Å². The summed E-state index contributed by atoms with van der Waals surface area (Å²) in [7, 11) is 1.56. The predicted octanol–water partition coefficient (Wildman–Crippen LogP) is 4.94. The second kappa shape index (κ2) is 9.40. The second-order valence-electron chi connectivity index (χ2n) is 7.85. The fraction of sp³-hybridized carbons (Fsp3) is 0.308. The maximum absolute atomic E-state index is 13.6. The van der Waals surface area contributed by atoms with Crippen molar-refractivity contribution < 1.29 is 19.4 Å². The molecule has 2 heterocycles. The highest BCUT2D eigenvalue weighted by Crippen LogP contribution is 2.41. The van der Waals surface area contributed by atoms with Gasteiger partial charge in [0.15, 0.2) is 11.5 Å². The van der Waals surface area contributed by atoms with Gasteiger partial charge in [-0.05, 0) is 48.6 Å². The van der Waals surface area contributed by atoms with Crippen LogP contribution in [0.1, 0.15) is 48.2 Å². The highest BCUT2D eigenvalue weighted by Gasteiger charge is 2.36. The molecule has 0 aromatic heterocycles. The van der Waals surface area contributed by atoms with E-state index in [1.807, 2.05) is 54.5 Å². The molecular weight excluding hydrogens is 404 g/mol. The Labute approximate surface area is 188 Å². The van der Waals surface area contributed by atoms with Crippen LogP contribution in [0.3, 0.4) is 0 Å². The van der Waals surface area contributed by atoms with Gasteiger partial charge in [-0.1, -0.05) is 37.3 Å². The van der Waals surface area contributed by atoms with E-state index in [2.05, 4.69) is 11.9 Å². The number of hydrogen-bond acceptors (Lipinski definition) is 5. The van der Waals surface area contributed by atoms with Crippen LogP contribution in [0.4, 0.5) is 5.69 Å². The number of hydrogen-bond donors (Lipinski definition) is 1. The van der Waals surface area contributed by atoms with Crippen LogP contribution in [-0.2, 0) is 13.2 Å². The van der Waals surface area contributed by atoms with Crippen molar-refractivity contribution in [3.05, 3.63) is 76.5 Å². The lowest BCUT2D eigenvalue weighted by molar-refractivity contribution is 0.0806. The molecule has 32 heavy (non-hydrogen) atoms. The van der Waals surface area contributed by atoms with Crippen LogP contribution in [0.5, 0.6) is 11.5 Å². The molecule has 0 saturated carbocycles. The van der Waals surface area contributed by atoms with Crippen LogP contribution < -0.4 is 9.47 Å². The normalized spacial score (nSPS) is 17.6. The van der Waals surface area contributed by atoms with Crippen molar-refractivity contribution in [2.75, 3.05) is 7.11 Å². The fourth-order valence-electron chi connectivity index (χ4n) is 4.23. The summed E-state index contributed by atoms with van der Waals surface area (Å²) >= 11 is 0. The maximum atomic E-state index is 13.6. The molecule has 0 spiro atoms. The number of fused-ring (bicyclic) bond motifs is 2. The summed E-state index contributed by atoms with van der Waals surface area (Å²) in [4.78, 5) is 20.0. The van der Waals surface area contributed by atoms with Crippen LogP contribution >= 0.6 is 0 Å². The molecule has 2 aromatic carbocycles. The van der Waals surface area contributed by atoms with E-state index in [0.717, 1.165) is 29.7 Å². The second-order valence-corrected chi connectivity index (χ2v) is 7.85. The van der Waals surface area contributed by atoms with Crippen molar-refractivity contribution >= 4 is 17.8 Å². The molecule has 0 radical (unpaired) electrons. The van der Waals surface area contributed by atoms with Gasteiger partial charge >= 0.3 is 0 Å². The lowest BCUT2D eigenvalue weighted by atomic mass is 10.1. The zero-order valence-corrected chi connectivity index (χ0v) is 18.7. The average molecular weight is 433 g/mol. The molecule has 2 aromatic rings.